The number of halogens is 2. The molecule has 0 saturated heterocycles. The summed E-state index contributed by atoms with van der Waals surface area (Å²) in [6.07, 6.45) is 1.06. The van der Waals surface area contributed by atoms with E-state index in [0.29, 0.717) is 5.56 Å². The summed E-state index contributed by atoms with van der Waals surface area (Å²) >= 11 is 0. The maximum Gasteiger partial charge on any atom is 0.238 e. The van der Waals surface area contributed by atoms with E-state index in [1.54, 1.807) is 19.1 Å². The number of hydrogen-bond acceptors (Lipinski definition) is 4. The molecule has 0 radical (unpaired) electrons. The molecule has 0 unspecified atom stereocenters. The first kappa shape index (κ1) is 19.0. The SMILES string of the molecule is C[C@H](NCC(=O)Nc1ccccc1S(C)(=O)=O)c1ccc(F)c(F)c1. The number of amides is 1. The van der Waals surface area contributed by atoms with Crippen LogP contribution in [0, 0.1) is 11.6 Å². The maximum absolute atomic E-state index is 13.2. The van der Waals surface area contributed by atoms with E-state index in [4.69, 9.17) is 0 Å². The van der Waals surface area contributed by atoms with Crippen LogP contribution in [0.25, 0.3) is 0 Å². The lowest BCUT2D eigenvalue weighted by Crippen LogP contribution is -2.30. The first-order valence-electron chi connectivity index (χ1n) is 7.45. The van der Waals surface area contributed by atoms with Gasteiger partial charge in [0.2, 0.25) is 5.91 Å². The van der Waals surface area contributed by atoms with Crippen LogP contribution >= 0.6 is 0 Å². The summed E-state index contributed by atoms with van der Waals surface area (Å²) < 4.78 is 49.6. The van der Waals surface area contributed by atoms with Gasteiger partial charge in [-0.05, 0) is 36.8 Å². The van der Waals surface area contributed by atoms with Gasteiger partial charge in [0.25, 0.3) is 0 Å². The minimum atomic E-state index is -3.47. The third kappa shape index (κ3) is 5.07. The second kappa shape index (κ2) is 7.71. The Hall–Kier alpha value is -2.32. The molecule has 0 aliphatic carbocycles. The summed E-state index contributed by atoms with van der Waals surface area (Å²) in [5.74, 6) is -2.35. The van der Waals surface area contributed by atoms with Crippen LogP contribution < -0.4 is 10.6 Å². The highest BCUT2D eigenvalue weighted by molar-refractivity contribution is 7.90. The van der Waals surface area contributed by atoms with E-state index in [2.05, 4.69) is 10.6 Å². The van der Waals surface area contributed by atoms with Gasteiger partial charge in [-0.25, -0.2) is 17.2 Å². The minimum Gasteiger partial charge on any atom is -0.324 e. The van der Waals surface area contributed by atoms with Crippen molar-refractivity contribution in [3.8, 4) is 0 Å². The molecule has 0 aliphatic rings. The third-order valence-corrected chi connectivity index (χ3v) is 4.73. The molecule has 2 N–H and O–H groups in total. The zero-order valence-corrected chi connectivity index (χ0v) is 14.5. The smallest absolute Gasteiger partial charge is 0.238 e. The van der Waals surface area contributed by atoms with Crippen LogP contribution in [0.1, 0.15) is 18.5 Å². The summed E-state index contributed by atoms with van der Waals surface area (Å²) in [6, 6.07) is 9.18. The molecule has 0 fully saturated rings. The van der Waals surface area contributed by atoms with Gasteiger partial charge in [0, 0.05) is 12.3 Å². The van der Waals surface area contributed by atoms with Gasteiger partial charge < -0.3 is 10.6 Å². The normalized spacial score (nSPS) is 12.6. The van der Waals surface area contributed by atoms with Crippen molar-refractivity contribution < 1.29 is 22.0 Å². The number of benzene rings is 2. The van der Waals surface area contributed by atoms with Crippen LogP contribution in [0.3, 0.4) is 0 Å². The summed E-state index contributed by atoms with van der Waals surface area (Å²) in [7, 11) is -3.47. The Morgan fingerprint density at radius 2 is 1.80 bits per heavy atom. The lowest BCUT2D eigenvalue weighted by atomic mass is 10.1. The van der Waals surface area contributed by atoms with E-state index < -0.39 is 33.4 Å². The van der Waals surface area contributed by atoms with Crippen LogP contribution in [0.15, 0.2) is 47.4 Å². The third-order valence-electron chi connectivity index (χ3n) is 3.57. The predicted molar refractivity (Wildman–Crippen MR) is 91.0 cm³/mol. The number of para-hydroxylation sites is 1. The second-order valence-electron chi connectivity index (χ2n) is 5.59. The lowest BCUT2D eigenvalue weighted by molar-refractivity contribution is -0.115. The van der Waals surface area contributed by atoms with Gasteiger partial charge >= 0.3 is 0 Å². The first-order chi connectivity index (χ1) is 11.7. The van der Waals surface area contributed by atoms with Crippen LogP contribution in [-0.2, 0) is 14.6 Å². The maximum atomic E-state index is 13.2. The fourth-order valence-electron chi connectivity index (χ4n) is 2.23. The Labute approximate surface area is 145 Å². The molecule has 5 nitrogen and oxygen atoms in total. The van der Waals surface area contributed by atoms with Crippen molar-refractivity contribution >= 4 is 21.4 Å². The number of anilines is 1. The van der Waals surface area contributed by atoms with Gasteiger partial charge in [0.15, 0.2) is 21.5 Å². The largest absolute Gasteiger partial charge is 0.324 e. The van der Waals surface area contributed by atoms with E-state index in [1.165, 1.54) is 18.2 Å². The molecule has 1 atom stereocenters. The molecule has 25 heavy (non-hydrogen) atoms. The minimum absolute atomic E-state index is 0.0250. The molecule has 2 rings (SSSR count). The summed E-state index contributed by atoms with van der Waals surface area (Å²) in [4.78, 5) is 12.1. The highest BCUT2D eigenvalue weighted by atomic mass is 32.2. The Morgan fingerprint density at radius 1 is 1.12 bits per heavy atom. The summed E-state index contributed by atoms with van der Waals surface area (Å²) in [5, 5.41) is 5.40. The Kier molecular flexibility index (Phi) is 5.86. The molecule has 0 bridgehead atoms. The average molecular weight is 368 g/mol. The fraction of sp³-hybridized carbons (Fsp3) is 0.235. The Bertz CT molecular complexity index is 885. The second-order valence-corrected chi connectivity index (χ2v) is 7.58. The summed E-state index contributed by atoms with van der Waals surface area (Å²) in [5.41, 5.74) is 0.681. The average Bonchev–Trinajstić information content (AvgIpc) is 2.54. The van der Waals surface area contributed by atoms with Crippen molar-refractivity contribution in [2.45, 2.75) is 17.9 Å². The molecule has 0 heterocycles. The van der Waals surface area contributed by atoms with Crippen molar-refractivity contribution in [1.29, 1.82) is 0 Å². The number of sulfone groups is 1. The molecular weight excluding hydrogens is 350 g/mol. The van der Waals surface area contributed by atoms with E-state index in [9.17, 15) is 22.0 Å². The molecule has 2 aromatic carbocycles. The highest BCUT2D eigenvalue weighted by Crippen LogP contribution is 2.20. The van der Waals surface area contributed by atoms with Crippen LogP contribution in [0.2, 0.25) is 0 Å². The van der Waals surface area contributed by atoms with E-state index >= 15 is 0 Å². The molecule has 0 aliphatic heterocycles. The molecule has 2 aromatic rings. The number of rotatable bonds is 6. The van der Waals surface area contributed by atoms with Gasteiger partial charge in [0.05, 0.1) is 17.1 Å². The molecule has 0 aromatic heterocycles. The van der Waals surface area contributed by atoms with Crippen LogP contribution in [0.4, 0.5) is 14.5 Å². The Morgan fingerprint density at radius 3 is 2.44 bits per heavy atom. The van der Waals surface area contributed by atoms with Crippen LogP contribution in [-0.4, -0.2) is 27.1 Å². The monoisotopic (exact) mass is 368 g/mol. The van der Waals surface area contributed by atoms with Gasteiger partial charge in [-0.3, -0.25) is 4.79 Å². The van der Waals surface area contributed by atoms with Gasteiger partial charge in [0.1, 0.15) is 0 Å². The first-order valence-corrected chi connectivity index (χ1v) is 9.35. The van der Waals surface area contributed by atoms with Crippen molar-refractivity contribution in [3.63, 3.8) is 0 Å². The van der Waals surface area contributed by atoms with Gasteiger partial charge in [-0.2, -0.15) is 0 Å². The van der Waals surface area contributed by atoms with E-state index in [0.717, 1.165) is 18.4 Å². The lowest BCUT2D eigenvalue weighted by Gasteiger charge is -2.15. The molecule has 134 valence electrons. The molecule has 1 amide bonds. The zero-order chi connectivity index (χ0) is 18.6. The highest BCUT2D eigenvalue weighted by Gasteiger charge is 2.15. The number of nitrogens with one attached hydrogen (secondary N) is 2. The summed E-state index contributed by atoms with van der Waals surface area (Å²) in [6.45, 7) is 1.57. The van der Waals surface area contributed by atoms with E-state index in [1.807, 2.05) is 0 Å². The van der Waals surface area contributed by atoms with Crippen molar-refractivity contribution in [1.82, 2.24) is 5.32 Å². The quantitative estimate of drug-likeness (QED) is 0.822. The topological polar surface area (TPSA) is 75.3 Å². The predicted octanol–water partition coefficient (Wildman–Crippen LogP) is 2.66. The van der Waals surface area contributed by atoms with Crippen molar-refractivity contribution in [2.24, 2.45) is 0 Å². The van der Waals surface area contributed by atoms with E-state index in [-0.39, 0.29) is 17.1 Å². The van der Waals surface area contributed by atoms with Gasteiger partial charge in [-0.1, -0.05) is 18.2 Å². The van der Waals surface area contributed by atoms with Crippen molar-refractivity contribution in [2.75, 3.05) is 18.1 Å². The number of carbonyl (C=O) groups is 1. The number of hydrogen-bond donors (Lipinski definition) is 2. The van der Waals surface area contributed by atoms with Crippen molar-refractivity contribution in [3.05, 3.63) is 59.7 Å². The molecule has 0 spiro atoms. The number of carbonyl (C=O) groups excluding carboxylic acids is 1. The molecule has 8 heteroatoms. The molecule has 0 saturated carbocycles. The van der Waals surface area contributed by atoms with Gasteiger partial charge in [-0.15, -0.1) is 0 Å². The zero-order valence-electron chi connectivity index (χ0n) is 13.7. The van der Waals surface area contributed by atoms with Crippen LogP contribution in [0.5, 0.6) is 0 Å². The fourth-order valence-corrected chi connectivity index (χ4v) is 3.08. The standard InChI is InChI=1S/C17H18F2N2O3S/c1-11(12-7-8-13(18)14(19)9-12)20-10-17(22)21-15-5-3-4-6-16(15)25(2,23)24/h3-9,11,20H,10H2,1-2H3,(H,21,22)/t11-/m0/s1. The Balaban J connectivity index is 2.01. The molecular formula is C17H18F2N2O3S.